The molecule has 0 radical (unpaired) electrons. The molecule has 5 nitrogen and oxygen atoms in total. The second kappa shape index (κ2) is 3.64. The van der Waals surface area contributed by atoms with Gasteiger partial charge in [0.1, 0.15) is 11.6 Å². The topological polar surface area (TPSA) is 90.7 Å². The van der Waals surface area contributed by atoms with Gasteiger partial charge >= 0.3 is 0 Å². The van der Waals surface area contributed by atoms with E-state index in [0.29, 0.717) is 17.3 Å². The van der Waals surface area contributed by atoms with Crippen LogP contribution in [-0.4, -0.2) is 15.0 Å². The van der Waals surface area contributed by atoms with Gasteiger partial charge in [-0.2, -0.15) is 0 Å². The highest BCUT2D eigenvalue weighted by atomic mass is 15.0. The number of benzene rings is 1. The lowest BCUT2D eigenvalue weighted by Gasteiger charge is -2.04. The van der Waals surface area contributed by atoms with Gasteiger partial charge < -0.3 is 11.5 Å². The monoisotopic (exact) mass is 225 g/mol. The first-order chi connectivity index (χ1) is 8.28. The maximum atomic E-state index is 5.88. The molecule has 84 valence electrons. The Hall–Kier alpha value is -2.27. The van der Waals surface area contributed by atoms with Crippen LogP contribution in [0.4, 0.5) is 5.82 Å². The van der Waals surface area contributed by atoms with Gasteiger partial charge in [0.2, 0.25) is 0 Å². The van der Waals surface area contributed by atoms with Gasteiger partial charge in [-0.25, -0.2) is 15.0 Å². The molecule has 3 aromatic rings. The average molecular weight is 225 g/mol. The highest BCUT2D eigenvalue weighted by molar-refractivity contribution is 5.95. The van der Waals surface area contributed by atoms with Crippen LogP contribution in [0.15, 0.2) is 30.3 Å². The van der Waals surface area contributed by atoms with Gasteiger partial charge in [-0.15, -0.1) is 0 Å². The number of nitrogens with two attached hydrogens (primary N) is 2. The fourth-order valence-corrected chi connectivity index (χ4v) is 1.82. The normalized spacial score (nSPS) is 11.1. The van der Waals surface area contributed by atoms with Gasteiger partial charge in [0.25, 0.3) is 0 Å². The van der Waals surface area contributed by atoms with Crippen molar-refractivity contribution >= 4 is 27.8 Å². The van der Waals surface area contributed by atoms with Crippen molar-refractivity contribution in [1.29, 1.82) is 0 Å². The summed E-state index contributed by atoms with van der Waals surface area (Å²) in [4.78, 5) is 12.9. The molecule has 2 aromatic heterocycles. The van der Waals surface area contributed by atoms with E-state index in [4.69, 9.17) is 11.5 Å². The van der Waals surface area contributed by atoms with Gasteiger partial charge in [0.15, 0.2) is 5.65 Å². The van der Waals surface area contributed by atoms with E-state index < -0.39 is 0 Å². The molecule has 0 aliphatic heterocycles. The fourth-order valence-electron chi connectivity index (χ4n) is 1.82. The third kappa shape index (κ3) is 1.57. The van der Waals surface area contributed by atoms with Gasteiger partial charge in [-0.3, -0.25) is 0 Å². The summed E-state index contributed by atoms with van der Waals surface area (Å²) in [5.41, 5.74) is 12.9. The predicted octanol–water partition coefficient (Wildman–Crippen LogP) is 1.22. The number of aromatic nitrogens is 3. The van der Waals surface area contributed by atoms with Crippen molar-refractivity contribution in [3.63, 3.8) is 0 Å². The van der Waals surface area contributed by atoms with Crippen molar-refractivity contribution in [1.82, 2.24) is 15.0 Å². The number of hydrogen-bond donors (Lipinski definition) is 2. The number of anilines is 1. The quantitative estimate of drug-likeness (QED) is 0.607. The molecule has 0 saturated heterocycles. The molecule has 2 heterocycles. The lowest BCUT2D eigenvalue weighted by molar-refractivity contribution is 0.926. The summed E-state index contributed by atoms with van der Waals surface area (Å²) in [6, 6.07) is 9.78. The largest absolute Gasteiger partial charge is 0.383 e. The zero-order valence-electron chi connectivity index (χ0n) is 9.09. The van der Waals surface area contributed by atoms with Crippen LogP contribution in [-0.2, 0) is 6.54 Å². The fraction of sp³-hybridized carbons (Fsp3) is 0.0833. The van der Waals surface area contributed by atoms with Gasteiger partial charge in [0, 0.05) is 5.39 Å². The van der Waals surface area contributed by atoms with Crippen molar-refractivity contribution in [3.8, 4) is 0 Å². The second-order valence-electron chi connectivity index (χ2n) is 3.78. The van der Waals surface area contributed by atoms with Gasteiger partial charge in [0.05, 0.1) is 17.4 Å². The summed E-state index contributed by atoms with van der Waals surface area (Å²) in [5.74, 6) is 0.937. The lowest BCUT2D eigenvalue weighted by Crippen LogP contribution is -2.06. The molecule has 5 heteroatoms. The molecular weight excluding hydrogens is 214 g/mol. The average Bonchev–Trinajstić information content (AvgIpc) is 2.36. The van der Waals surface area contributed by atoms with Crippen LogP contribution < -0.4 is 11.5 Å². The second-order valence-corrected chi connectivity index (χ2v) is 3.78. The van der Waals surface area contributed by atoms with Crippen molar-refractivity contribution in [2.75, 3.05) is 5.73 Å². The molecule has 17 heavy (non-hydrogen) atoms. The number of hydrogen-bond acceptors (Lipinski definition) is 5. The number of rotatable bonds is 1. The van der Waals surface area contributed by atoms with E-state index in [1.807, 2.05) is 30.3 Å². The molecule has 0 unspecified atom stereocenters. The molecule has 0 fully saturated rings. The molecule has 0 bridgehead atoms. The molecule has 4 N–H and O–H groups in total. The first kappa shape index (κ1) is 9.92. The molecule has 0 saturated carbocycles. The summed E-state index contributed by atoms with van der Waals surface area (Å²) in [5, 5.41) is 1.79. The minimum atomic E-state index is 0.259. The van der Waals surface area contributed by atoms with Crippen LogP contribution >= 0.6 is 0 Å². The van der Waals surface area contributed by atoms with E-state index in [0.717, 1.165) is 16.3 Å². The third-order valence-electron chi connectivity index (χ3n) is 2.65. The number of fused-ring (bicyclic) bond motifs is 2. The Morgan fingerprint density at radius 3 is 2.71 bits per heavy atom. The van der Waals surface area contributed by atoms with E-state index in [1.165, 1.54) is 0 Å². The van der Waals surface area contributed by atoms with E-state index in [1.54, 1.807) is 0 Å². The molecule has 0 aliphatic carbocycles. The Bertz CT molecular complexity index is 708. The standard InChI is InChI=1S/C12H11N5/c13-6-10-16-11(14)8-5-7-3-1-2-4-9(7)15-12(8)17-10/h1-5H,6,13H2,(H2,14,15,16,17). The first-order valence-electron chi connectivity index (χ1n) is 5.30. The summed E-state index contributed by atoms with van der Waals surface area (Å²) in [6.07, 6.45) is 0. The zero-order chi connectivity index (χ0) is 11.8. The van der Waals surface area contributed by atoms with Gasteiger partial charge in [-0.05, 0) is 12.1 Å². The summed E-state index contributed by atoms with van der Waals surface area (Å²) < 4.78 is 0. The molecule has 0 aliphatic rings. The van der Waals surface area contributed by atoms with Crippen LogP contribution in [0.25, 0.3) is 21.9 Å². The van der Waals surface area contributed by atoms with Crippen LogP contribution in [0, 0.1) is 0 Å². The van der Waals surface area contributed by atoms with Crippen LogP contribution in [0.2, 0.25) is 0 Å². The number of nitrogen functional groups attached to an aromatic ring is 1. The summed E-state index contributed by atoms with van der Waals surface area (Å²) >= 11 is 0. The van der Waals surface area contributed by atoms with E-state index >= 15 is 0 Å². The van der Waals surface area contributed by atoms with Gasteiger partial charge in [-0.1, -0.05) is 18.2 Å². The van der Waals surface area contributed by atoms with E-state index in [9.17, 15) is 0 Å². The van der Waals surface area contributed by atoms with E-state index in [2.05, 4.69) is 15.0 Å². The molecular formula is C12H11N5. The molecule has 0 amide bonds. The van der Waals surface area contributed by atoms with Crippen molar-refractivity contribution in [3.05, 3.63) is 36.2 Å². The maximum Gasteiger partial charge on any atom is 0.165 e. The molecule has 1 aromatic carbocycles. The lowest BCUT2D eigenvalue weighted by atomic mass is 10.2. The Labute approximate surface area is 97.5 Å². The Morgan fingerprint density at radius 1 is 1.06 bits per heavy atom. The Kier molecular flexibility index (Phi) is 2.12. The summed E-state index contributed by atoms with van der Waals surface area (Å²) in [7, 11) is 0. The smallest absolute Gasteiger partial charge is 0.165 e. The Balaban J connectivity index is 2.43. The van der Waals surface area contributed by atoms with Crippen molar-refractivity contribution in [2.24, 2.45) is 5.73 Å². The maximum absolute atomic E-state index is 5.88. The van der Waals surface area contributed by atoms with Crippen LogP contribution in [0.5, 0.6) is 0 Å². The highest BCUT2D eigenvalue weighted by Gasteiger charge is 2.06. The zero-order valence-corrected chi connectivity index (χ0v) is 9.09. The highest BCUT2D eigenvalue weighted by Crippen LogP contribution is 2.21. The number of para-hydroxylation sites is 1. The molecule has 3 rings (SSSR count). The van der Waals surface area contributed by atoms with Crippen molar-refractivity contribution in [2.45, 2.75) is 6.54 Å². The summed E-state index contributed by atoms with van der Waals surface area (Å²) in [6.45, 7) is 0.259. The van der Waals surface area contributed by atoms with Crippen LogP contribution in [0.3, 0.4) is 0 Å². The van der Waals surface area contributed by atoms with E-state index in [-0.39, 0.29) is 6.54 Å². The SMILES string of the molecule is NCc1nc(N)c2cc3ccccc3nc2n1. The Morgan fingerprint density at radius 2 is 1.88 bits per heavy atom. The van der Waals surface area contributed by atoms with Crippen molar-refractivity contribution < 1.29 is 0 Å². The third-order valence-corrected chi connectivity index (χ3v) is 2.65. The molecule has 0 spiro atoms. The minimum absolute atomic E-state index is 0.259. The van der Waals surface area contributed by atoms with Crippen LogP contribution in [0.1, 0.15) is 5.82 Å². The number of nitrogens with zero attached hydrogens (tertiary/aromatic N) is 3. The predicted molar refractivity (Wildman–Crippen MR) is 67.1 cm³/mol. The number of pyridine rings is 1. The molecule has 0 atom stereocenters. The minimum Gasteiger partial charge on any atom is -0.383 e. The first-order valence-corrected chi connectivity index (χ1v) is 5.30.